The van der Waals surface area contributed by atoms with Gasteiger partial charge in [-0.3, -0.25) is 0 Å². The molecule has 2 unspecified atom stereocenters. The molecule has 1 aromatic rings. The molecule has 1 aromatic carbocycles. The molecule has 2 rings (SSSR count). The van der Waals surface area contributed by atoms with Crippen LogP contribution in [0.1, 0.15) is 25.3 Å². The van der Waals surface area contributed by atoms with E-state index in [0.717, 1.165) is 5.56 Å². The second-order valence-corrected chi connectivity index (χ2v) is 4.66. The first-order chi connectivity index (χ1) is 7.57. The van der Waals surface area contributed by atoms with Crippen LogP contribution in [0.25, 0.3) is 0 Å². The number of ether oxygens (including phenoxy) is 1. The number of hydrogen-bond acceptors (Lipinski definition) is 2. The minimum absolute atomic E-state index is 0.0965. The molecule has 16 heavy (non-hydrogen) atoms. The van der Waals surface area contributed by atoms with Gasteiger partial charge in [0.05, 0.1) is 11.7 Å². The molecule has 1 aliphatic heterocycles. The van der Waals surface area contributed by atoms with Gasteiger partial charge in [-0.15, -0.1) is 0 Å². The van der Waals surface area contributed by atoms with Crippen molar-refractivity contribution in [2.45, 2.75) is 37.9 Å². The first-order valence-electron chi connectivity index (χ1n) is 5.66. The van der Waals surface area contributed by atoms with Crippen LogP contribution in [-0.2, 0) is 11.2 Å². The van der Waals surface area contributed by atoms with Crippen LogP contribution in [0.3, 0.4) is 0 Å². The molecule has 1 saturated heterocycles. The summed E-state index contributed by atoms with van der Waals surface area (Å²) in [5.74, 6) is -0.240. The highest BCUT2D eigenvalue weighted by Crippen LogP contribution is 2.28. The summed E-state index contributed by atoms with van der Waals surface area (Å²) in [7, 11) is 0. The molecule has 0 saturated carbocycles. The van der Waals surface area contributed by atoms with Crippen molar-refractivity contribution in [3.05, 3.63) is 35.6 Å². The van der Waals surface area contributed by atoms with E-state index in [0.29, 0.717) is 25.9 Å². The average molecular weight is 224 g/mol. The van der Waals surface area contributed by atoms with Crippen LogP contribution in [0.15, 0.2) is 24.3 Å². The molecule has 1 fully saturated rings. The Kier molecular flexibility index (Phi) is 3.26. The summed E-state index contributed by atoms with van der Waals surface area (Å²) < 4.78 is 18.2. The maximum Gasteiger partial charge on any atom is 0.123 e. The van der Waals surface area contributed by atoms with Crippen molar-refractivity contribution in [3.63, 3.8) is 0 Å². The average Bonchev–Trinajstić information content (AvgIpc) is 2.21. The maximum atomic E-state index is 12.7. The summed E-state index contributed by atoms with van der Waals surface area (Å²) in [6, 6.07) is 6.32. The third-order valence-corrected chi connectivity index (χ3v) is 3.08. The Labute approximate surface area is 95.1 Å². The zero-order valence-electron chi connectivity index (χ0n) is 9.45. The van der Waals surface area contributed by atoms with Gasteiger partial charge >= 0.3 is 0 Å². The Balaban J connectivity index is 2.05. The molecule has 0 aromatic heterocycles. The second kappa shape index (κ2) is 4.52. The van der Waals surface area contributed by atoms with Crippen molar-refractivity contribution in [1.29, 1.82) is 0 Å². The molecule has 1 heterocycles. The highest BCUT2D eigenvalue weighted by atomic mass is 19.1. The number of halogens is 1. The second-order valence-electron chi connectivity index (χ2n) is 4.66. The Morgan fingerprint density at radius 1 is 1.44 bits per heavy atom. The van der Waals surface area contributed by atoms with Crippen LogP contribution >= 0.6 is 0 Å². The highest BCUT2D eigenvalue weighted by Gasteiger charge is 2.33. The van der Waals surface area contributed by atoms with Crippen molar-refractivity contribution in [2.24, 2.45) is 0 Å². The van der Waals surface area contributed by atoms with E-state index in [-0.39, 0.29) is 11.9 Å². The lowest BCUT2D eigenvalue weighted by Gasteiger charge is -2.35. The lowest BCUT2D eigenvalue weighted by Crippen LogP contribution is -2.41. The third kappa shape index (κ3) is 2.80. The van der Waals surface area contributed by atoms with Crippen molar-refractivity contribution in [1.82, 2.24) is 0 Å². The topological polar surface area (TPSA) is 29.5 Å². The quantitative estimate of drug-likeness (QED) is 0.835. The van der Waals surface area contributed by atoms with E-state index in [1.165, 1.54) is 12.1 Å². The molecule has 2 nitrogen and oxygen atoms in total. The zero-order valence-corrected chi connectivity index (χ0v) is 9.45. The fourth-order valence-corrected chi connectivity index (χ4v) is 2.29. The number of hydrogen-bond donors (Lipinski definition) is 1. The first-order valence-corrected chi connectivity index (χ1v) is 5.66. The van der Waals surface area contributed by atoms with Crippen molar-refractivity contribution in [3.8, 4) is 0 Å². The van der Waals surface area contributed by atoms with Crippen LogP contribution in [0.4, 0.5) is 4.39 Å². The molecular formula is C13H17FO2. The molecule has 1 N–H and O–H groups in total. The van der Waals surface area contributed by atoms with Crippen molar-refractivity contribution < 1.29 is 14.2 Å². The molecule has 0 aliphatic carbocycles. The summed E-state index contributed by atoms with van der Waals surface area (Å²) in [5, 5.41) is 10.4. The maximum absolute atomic E-state index is 12.7. The van der Waals surface area contributed by atoms with E-state index in [4.69, 9.17) is 4.74 Å². The summed E-state index contributed by atoms with van der Waals surface area (Å²) in [6.07, 6.45) is 1.96. The molecular weight excluding hydrogens is 207 g/mol. The smallest absolute Gasteiger partial charge is 0.123 e. The van der Waals surface area contributed by atoms with Gasteiger partial charge < -0.3 is 9.84 Å². The van der Waals surface area contributed by atoms with Gasteiger partial charge in [0.15, 0.2) is 0 Å². The lowest BCUT2D eigenvalue weighted by molar-refractivity contribution is -0.0961. The minimum atomic E-state index is -0.699. The predicted molar refractivity (Wildman–Crippen MR) is 59.7 cm³/mol. The first kappa shape index (κ1) is 11.6. The summed E-state index contributed by atoms with van der Waals surface area (Å²) in [5.41, 5.74) is 0.271. The van der Waals surface area contributed by atoms with E-state index in [1.807, 2.05) is 6.92 Å². The fraction of sp³-hybridized carbons (Fsp3) is 0.538. The van der Waals surface area contributed by atoms with Crippen LogP contribution < -0.4 is 0 Å². The summed E-state index contributed by atoms with van der Waals surface area (Å²) in [6.45, 7) is 2.56. The van der Waals surface area contributed by atoms with Gasteiger partial charge in [-0.05, 0) is 31.0 Å². The van der Waals surface area contributed by atoms with Crippen LogP contribution in [0.2, 0.25) is 0 Å². The van der Waals surface area contributed by atoms with Crippen molar-refractivity contribution in [2.75, 3.05) is 6.61 Å². The van der Waals surface area contributed by atoms with E-state index >= 15 is 0 Å². The highest BCUT2D eigenvalue weighted by molar-refractivity contribution is 5.18. The largest absolute Gasteiger partial charge is 0.389 e. The van der Waals surface area contributed by atoms with Gasteiger partial charge in [0.25, 0.3) is 0 Å². The SMILES string of the molecule is CC1CC(O)(Cc2ccc(F)cc2)CCO1. The molecule has 0 bridgehead atoms. The molecule has 2 atom stereocenters. The number of benzene rings is 1. The number of rotatable bonds is 2. The van der Waals surface area contributed by atoms with Gasteiger partial charge in [-0.1, -0.05) is 12.1 Å². The van der Waals surface area contributed by atoms with E-state index < -0.39 is 5.60 Å². The van der Waals surface area contributed by atoms with Crippen LogP contribution in [-0.4, -0.2) is 23.4 Å². The fourth-order valence-electron chi connectivity index (χ4n) is 2.29. The monoisotopic (exact) mass is 224 g/mol. The Morgan fingerprint density at radius 2 is 2.12 bits per heavy atom. The predicted octanol–water partition coefficient (Wildman–Crippen LogP) is 2.30. The molecule has 0 spiro atoms. The molecule has 3 heteroatoms. The van der Waals surface area contributed by atoms with Gasteiger partial charge in [0.2, 0.25) is 0 Å². The molecule has 0 amide bonds. The normalized spacial score (nSPS) is 30.3. The van der Waals surface area contributed by atoms with E-state index in [1.54, 1.807) is 12.1 Å². The van der Waals surface area contributed by atoms with E-state index in [2.05, 4.69) is 0 Å². The molecule has 88 valence electrons. The Hall–Kier alpha value is -0.930. The van der Waals surface area contributed by atoms with Gasteiger partial charge in [-0.25, -0.2) is 4.39 Å². The lowest BCUT2D eigenvalue weighted by atomic mass is 9.85. The Bertz CT molecular complexity index is 349. The van der Waals surface area contributed by atoms with E-state index in [9.17, 15) is 9.50 Å². The summed E-state index contributed by atoms with van der Waals surface area (Å²) in [4.78, 5) is 0. The van der Waals surface area contributed by atoms with Gasteiger partial charge in [-0.2, -0.15) is 0 Å². The van der Waals surface area contributed by atoms with Crippen LogP contribution in [0.5, 0.6) is 0 Å². The molecule has 0 radical (unpaired) electrons. The minimum Gasteiger partial charge on any atom is -0.389 e. The summed E-state index contributed by atoms with van der Waals surface area (Å²) >= 11 is 0. The van der Waals surface area contributed by atoms with Crippen LogP contribution in [0, 0.1) is 5.82 Å². The molecule has 1 aliphatic rings. The third-order valence-electron chi connectivity index (χ3n) is 3.08. The standard InChI is InChI=1S/C13H17FO2/c1-10-8-13(15,6-7-16-10)9-11-2-4-12(14)5-3-11/h2-5,10,15H,6-9H2,1H3. The van der Waals surface area contributed by atoms with Gasteiger partial charge in [0.1, 0.15) is 5.82 Å². The zero-order chi connectivity index (χ0) is 11.6. The Morgan fingerprint density at radius 3 is 2.75 bits per heavy atom. The van der Waals surface area contributed by atoms with Crippen molar-refractivity contribution >= 4 is 0 Å². The number of aliphatic hydroxyl groups is 1. The van der Waals surface area contributed by atoms with Gasteiger partial charge in [0, 0.05) is 19.4 Å².